The second-order valence-corrected chi connectivity index (χ2v) is 7.88. The van der Waals surface area contributed by atoms with Gasteiger partial charge in [0.25, 0.3) is 0 Å². The molecule has 0 unspecified atom stereocenters. The van der Waals surface area contributed by atoms with E-state index in [1.54, 1.807) is 0 Å². The highest BCUT2D eigenvalue weighted by atomic mass is 16.5. The molecule has 3 aromatic rings. The maximum Gasteiger partial charge on any atom is 0.336 e. The fraction of sp³-hybridized carbons (Fsp3) is 0.308. The lowest BCUT2D eigenvalue weighted by Crippen LogP contribution is -2.31. The van der Waals surface area contributed by atoms with Crippen molar-refractivity contribution in [3.8, 4) is 5.75 Å². The third kappa shape index (κ3) is 4.47. The molecule has 31 heavy (non-hydrogen) atoms. The minimum Gasteiger partial charge on any atom is -0.494 e. The predicted octanol–water partition coefficient (Wildman–Crippen LogP) is 5.49. The number of aromatic nitrogens is 1. The summed E-state index contributed by atoms with van der Waals surface area (Å²) in [6.07, 6.45) is 4.27. The molecular formula is C26H28N2O3. The number of pyridine rings is 1. The van der Waals surface area contributed by atoms with E-state index in [2.05, 4.69) is 24.8 Å². The molecule has 1 aliphatic rings. The van der Waals surface area contributed by atoms with E-state index in [1.807, 2.05) is 48.5 Å². The normalized spacial score (nSPS) is 15.2. The molecule has 5 nitrogen and oxygen atoms in total. The van der Waals surface area contributed by atoms with Crippen LogP contribution in [0.4, 0.5) is 0 Å². The third-order valence-corrected chi connectivity index (χ3v) is 5.72. The average Bonchev–Trinajstić information content (AvgIpc) is 2.78. The van der Waals surface area contributed by atoms with E-state index >= 15 is 0 Å². The fourth-order valence-electron chi connectivity index (χ4n) is 4.04. The van der Waals surface area contributed by atoms with Gasteiger partial charge in [-0.3, -0.25) is 4.90 Å². The van der Waals surface area contributed by atoms with E-state index in [1.165, 1.54) is 0 Å². The Labute approximate surface area is 183 Å². The highest BCUT2D eigenvalue weighted by molar-refractivity contribution is 6.06. The van der Waals surface area contributed by atoms with Crippen LogP contribution in [-0.4, -0.2) is 40.7 Å². The number of rotatable bonds is 7. The zero-order valence-electron chi connectivity index (χ0n) is 18.1. The summed E-state index contributed by atoms with van der Waals surface area (Å²) < 4.78 is 5.77. The van der Waals surface area contributed by atoms with Gasteiger partial charge < -0.3 is 9.84 Å². The molecule has 0 radical (unpaired) electrons. The molecule has 0 fully saturated rings. The summed E-state index contributed by atoms with van der Waals surface area (Å²) in [4.78, 5) is 19.4. The van der Waals surface area contributed by atoms with Gasteiger partial charge in [-0.25, -0.2) is 9.78 Å². The van der Waals surface area contributed by atoms with Gasteiger partial charge in [-0.15, -0.1) is 0 Å². The van der Waals surface area contributed by atoms with E-state index in [9.17, 15) is 9.90 Å². The van der Waals surface area contributed by atoms with Crippen LogP contribution in [-0.2, 0) is 6.54 Å². The summed E-state index contributed by atoms with van der Waals surface area (Å²) >= 11 is 0. The number of hydrogen-bond donors (Lipinski definition) is 1. The Balaban J connectivity index is 1.77. The van der Waals surface area contributed by atoms with Crippen molar-refractivity contribution < 1.29 is 14.6 Å². The van der Waals surface area contributed by atoms with Crippen molar-refractivity contribution >= 4 is 28.5 Å². The molecule has 0 atom stereocenters. The molecule has 2 heterocycles. The average molecular weight is 417 g/mol. The first-order chi connectivity index (χ1) is 15.1. The molecule has 0 spiro atoms. The van der Waals surface area contributed by atoms with Crippen LogP contribution in [0, 0.1) is 0 Å². The molecular weight excluding hydrogens is 388 g/mol. The van der Waals surface area contributed by atoms with Crippen LogP contribution in [0.5, 0.6) is 5.75 Å². The molecule has 0 saturated heterocycles. The van der Waals surface area contributed by atoms with Crippen LogP contribution in [0.2, 0.25) is 0 Å². The Morgan fingerprint density at radius 2 is 1.90 bits per heavy atom. The zero-order chi connectivity index (χ0) is 21.8. The number of fused-ring (bicyclic) bond motifs is 2. The van der Waals surface area contributed by atoms with Gasteiger partial charge in [0.2, 0.25) is 0 Å². The molecule has 0 saturated carbocycles. The quantitative estimate of drug-likeness (QED) is 0.516. The Morgan fingerprint density at radius 3 is 2.61 bits per heavy atom. The van der Waals surface area contributed by atoms with Crippen LogP contribution < -0.4 is 4.74 Å². The lowest BCUT2D eigenvalue weighted by molar-refractivity contribution is 0.0696. The van der Waals surface area contributed by atoms with Crippen molar-refractivity contribution in [1.82, 2.24) is 9.88 Å². The Hall–Kier alpha value is -3.18. The van der Waals surface area contributed by atoms with Crippen molar-refractivity contribution in [1.29, 1.82) is 0 Å². The zero-order valence-corrected chi connectivity index (χ0v) is 18.1. The highest BCUT2D eigenvalue weighted by Gasteiger charge is 2.27. The minimum absolute atomic E-state index is 0.365. The van der Waals surface area contributed by atoms with Crippen molar-refractivity contribution in [2.75, 3.05) is 19.7 Å². The van der Waals surface area contributed by atoms with Gasteiger partial charge in [0, 0.05) is 24.0 Å². The van der Waals surface area contributed by atoms with Crippen molar-refractivity contribution in [3.05, 3.63) is 70.9 Å². The van der Waals surface area contributed by atoms with Gasteiger partial charge in [0.1, 0.15) is 5.75 Å². The number of unbranched alkanes of at least 4 members (excludes halogenated alkanes) is 1. The fourth-order valence-corrected chi connectivity index (χ4v) is 4.04. The maximum absolute atomic E-state index is 12.2. The highest BCUT2D eigenvalue weighted by Crippen LogP contribution is 2.34. The van der Waals surface area contributed by atoms with Gasteiger partial charge in [-0.1, -0.05) is 50.6 Å². The topological polar surface area (TPSA) is 62.7 Å². The standard InChI is InChI=1S/C26H28N2O3/c1-3-5-14-31-20-12-10-18(11-13-20)15-19-16-28(4-2)17-22-24(26(29)30)21-8-6-7-9-23(21)27-25(19)22/h6-13,15H,3-5,14,16-17H2,1-2H3,(H,29,30). The molecule has 4 rings (SSSR count). The van der Waals surface area contributed by atoms with Crippen molar-refractivity contribution in [3.63, 3.8) is 0 Å². The summed E-state index contributed by atoms with van der Waals surface area (Å²) in [5.74, 6) is -0.0344. The number of carboxylic acid groups (broad SMARTS) is 1. The SMILES string of the molecule is CCCCOc1ccc(C=C2CN(CC)Cc3c2nc2ccccc2c3C(=O)O)cc1. The molecule has 2 aromatic carbocycles. The van der Waals surface area contributed by atoms with Crippen molar-refractivity contribution in [2.24, 2.45) is 0 Å². The van der Waals surface area contributed by atoms with E-state index in [4.69, 9.17) is 9.72 Å². The van der Waals surface area contributed by atoms with Crippen LogP contribution in [0.15, 0.2) is 48.5 Å². The smallest absolute Gasteiger partial charge is 0.336 e. The first-order valence-corrected chi connectivity index (χ1v) is 10.9. The number of aromatic carboxylic acids is 1. The first kappa shape index (κ1) is 21.1. The minimum atomic E-state index is -0.902. The second-order valence-electron chi connectivity index (χ2n) is 7.88. The molecule has 1 N–H and O–H groups in total. The maximum atomic E-state index is 12.2. The Morgan fingerprint density at radius 1 is 1.13 bits per heavy atom. The summed E-state index contributed by atoms with van der Waals surface area (Å²) in [6.45, 7) is 7.14. The number of hydrogen-bond acceptors (Lipinski definition) is 4. The van der Waals surface area contributed by atoms with E-state index < -0.39 is 5.97 Å². The number of likely N-dealkylation sites (N-methyl/N-ethyl adjacent to an activating group) is 1. The molecule has 1 aliphatic heterocycles. The monoisotopic (exact) mass is 416 g/mol. The van der Waals surface area contributed by atoms with Crippen LogP contribution in [0.25, 0.3) is 22.6 Å². The third-order valence-electron chi connectivity index (χ3n) is 5.72. The predicted molar refractivity (Wildman–Crippen MR) is 124 cm³/mol. The van der Waals surface area contributed by atoms with Crippen LogP contribution >= 0.6 is 0 Å². The van der Waals surface area contributed by atoms with Gasteiger partial charge in [-0.2, -0.15) is 0 Å². The lowest BCUT2D eigenvalue weighted by Gasteiger charge is -2.30. The molecule has 160 valence electrons. The van der Waals surface area contributed by atoms with E-state index in [-0.39, 0.29) is 0 Å². The molecule has 0 amide bonds. The molecule has 5 heteroatoms. The van der Waals surface area contributed by atoms with Gasteiger partial charge in [0.15, 0.2) is 0 Å². The largest absolute Gasteiger partial charge is 0.494 e. The first-order valence-electron chi connectivity index (χ1n) is 10.9. The number of ether oxygens (including phenoxy) is 1. The molecule has 0 aliphatic carbocycles. The molecule has 0 bridgehead atoms. The second kappa shape index (κ2) is 9.31. The summed E-state index contributed by atoms with van der Waals surface area (Å²) in [6, 6.07) is 15.5. The number of nitrogens with zero attached hydrogens (tertiary/aromatic N) is 2. The number of carboxylic acids is 1. The molecule has 1 aromatic heterocycles. The summed E-state index contributed by atoms with van der Waals surface area (Å²) in [7, 11) is 0. The summed E-state index contributed by atoms with van der Waals surface area (Å²) in [5.41, 5.74) is 4.76. The van der Waals surface area contributed by atoms with Gasteiger partial charge >= 0.3 is 5.97 Å². The number of benzene rings is 2. The van der Waals surface area contributed by atoms with Gasteiger partial charge in [-0.05, 0) is 48.4 Å². The summed E-state index contributed by atoms with van der Waals surface area (Å²) in [5, 5.41) is 10.7. The van der Waals surface area contributed by atoms with Crippen molar-refractivity contribution in [2.45, 2.75) is 33.2 Å². The number of carbonyl (C=O) groups is 1. The van der Waals surface area contributed by atoms with E-state index in [0.29, 0.717) is 23.0 Å². The van der Waals surface area contributed by atoms with E-state index in [0.717, 1.165) is 60.7 Å². The van der Waals surface area contributed by atoms with Crippen LogP contribution in [0.3, 0.4) is 0 Å². The Kier molecular flexibility index (Phi) is 6.33. The lowest BCUT2D eigenvalue weighted by atomic mass is 9.92. The number of para-hydroxylation sites is 1. The Bertz CT molecular complexity index is 1120. The van der Waals surface area contributed by atoms with Gasteiger partial charge in [0.05, 0.1) is 23.4 Å². The van der Waals surface area contributed by atoms with Crippen LogP contribution in [0.1, 0.15) is 53.9 Å².